The molecule has 0 spiro atoms. The molecule has 0 saturated carbocycles. The number of nitrogens with zero attached hydrogens (tertiary/aromatic N) is 4. The molecule has 1 saturated heterocycles. The van der Waals surface area contributed by atoms with E-state index in [1.54, 1.807) is 30.5 Å². The van der Waals surface area contributed by atoms with Crippen LogP contribution in [0.25, 0.3) is 0 Å². The van der Waals surface area contributed by atoms with Gasteiger partial charge in [-0.15, -0.1) is 35.3 Å². The van der Waals surface area contributed by atoms with E-state index in [0.717, 1.165) is 54.0 Å². The molecule has 0 aliphatic carbocycles. The van der Waals surface area contributed by atoms with Crippen LogP contribution in [0.4, 0.5) is 18.3 Å². The van der Waals surface area contributed by atoms with Crippen LogP contribution < -0.4 is 15.5 Å². The Labute approximate surface area is 202 Å². The summed E-state index contributed by atoms with van der Waals surface area (Å²) in [4.78, 5) is 13.0. The first-order valence-electron chi connectivity index (χ1n) is 9.72. The minimum absolute atomic E-state index is 0. The molecule has 1 aliphatic heterocycles. The number of guanidine groups is 1. The Hall–Kier alpha value is -1.60. The predicted octanol–water partition coefficient (Wildman–Crippen LogP) is 3.79. The Morgan fingerprint density at radius 3 is 2.58 bits per heavy atom. The van der Waals surface area contributed by atoms with Crippen LogP contribution in [-0.4, -0.2) is 56.1 Å². The maximum absolute atomic E-state index is 12.7. The average Bonchev–Trinajstić information content (AvgIpc) is 3.34. The van der Waals surface area contributed by atoms with E-state index in [-0.39, 0.29) is 30.0 Å². The molecule has 6 nitrogen and oxygen atoms in total. The van der Waals surface area contributed by atoms with Gasteiger partial charge < -0.3 is 15.5 Å². The highest BCUT2D eigenvalue weighted by molar-refractivity contribution is 14.0. The molecule has 2 heterocycles. The molecular weight excluding hydrogens is 540 g/mol. The fourth-order valence-electron chi connectivity index (χ4n) is 3.30. The second kappa shape index (κ2) is 11.3. The van der Waals surface area contributed by atoms with Gasteiger partial charge in [0.15, 0.2) is 11.1 Å². The second-order valence-electron chi connectivity index (χ2n) is 7.50. The fourth-order valence-corrected chi connectivity index (χ4v) is 4.05. The number of likely N-dealkylation sites (tertiary alicyclic amines) is 1. The van der Waals surface area contributed by atoms with E-state index in [1.165, 1.54) is 0 Å². The smallest absolute Gasteiger partial charge is 0.354 e. The van der Waals surface area contributed by atoms with Gasteiger partial charge in [0.2, 0.25) is 0 Å². The first-order valence-corrected chi connectivity index (χ1v) is 10.6. The lowest BCUT2D eigenvalue weighted by Gasteiger charge is -2.19. The summed E-state index contributed by atoms with van der Waals surface area (Å²) >= 11 is 1.60. The van der Waals surface area contributed by atoms with Gasteiger partial charge in [-0.1, -0.05) is 12.1 Å². The molecule has 11 heteroatoms. The van der Waals surface area contributed by atoms with Gasteiger partial charge in [-0.05, 0) is 24.1 Å². The van der Waals surface area contributed by atoms with Crippen LogP contribution in [0.1, 0.15) is 23.2 Å². The van der Waals surface area contributed by atoms with E-state index < -0.39 is 11.7 Å². The van der Waals surface area contributed by atoms with Gasteiger partial charge in [0, 0.05) is 52.2 Å². The lowest BCUT2D eigenvalue weighted by Crippen LogP contribution is -2.44. The van der Waals surface area contributed by atoms with Crippen molar-refractivity contribution in [1.29, 1.82) is 0 Å². The summed E-state index contributed by atoms with van der Waals surface area (Å²) in [5.41, 5.74) is 1.23. The molecule has 1 unspecified atom stereocenters. The number of aliphatic imine (C=N–C) groups is 1. The maximum Gasteiger partial charge on any atom is 0.416 e. The average molecular weight is 568 g/mol. The third kappa shape index (κ3) is 7.49. The third-order valence-corrected chi connectivity index (χ3v) is 5.94. The molecule has 1 atom stereocenters. The molecule has 1 fully saturated rings. The fraction of sp³-hybridized carbons (Fsp3) is 0.500. The molecule has 1 aromatic carbocycles. The topological polar surface area (TPSA) is 55.8 Å². The number of halogens is 4. The van der Waals surface area contributed by atoms with Gasteiger partial charge in [0.25, 0.3) is 0 Å². The molecule has 172 valence electrons. The lowest BCUT2D eigenvalue weighted by atomic mass is 10.1. The van der Waals surface area contributed by atoms with Crippen LogP contribution in [0.15, 0.2) is 34.6 Å². The molecule has 2 N–H and O–H groups in total. The molecule has 0 amide bonds. The Kier molecular flexibility index (Phi) is 9.37. The summed E-state index contributed by atoms with van der Waals surface area (Å²) in [6.07, 6.45) is -3.35. The standard InChI is InChI=1S/C20H27F3N6S.HI/c1-24-18(25-10-17-13-30-19(27-17)28(2)3)26-16-8-9-29(12-16)11-14-4-6-15(7-5-14)20(21,22)23;/h4-7,13,16H,8-12H2,1-3H3,(H2,24,25,26);1H. The van der Waals surface area contributed by atoms with Crippen LogP contribution >= 0.6 is 35.3 Å². The van der Waals surface area contributed by atoms with E-state index in [1.807, 2.05) is 24.4 Å². The van der Waals surface area contributed by atoms with E-state index in [0.29, 0.717) is 13.1 Å². The summed E-state index contributed by atoms with van der Waals surface area (Å²) in [6.45, 7) is 2.91. The highest BCUT2D eigenvalue weighted by Gasteiger charge is 2.30. The number of alkyl halides is 3. The van der Waals surface area contributed by atoms with E-state index in [9.17, 15) is 13.2 Å². The van der Waals surface area contributed by atoms with Crippen molar-refractivity contribution in [3.05, 3.63) is 46.5 Å². The molecular formula is C20H28F3IN6S. The second-order valence-corrected chi connectivity index (χ2v) is 8.34. The number of thiazole rings is 1. The largest absolute Gasteiger partial charge is 0.416 e. The number of rotatable bonds is 6. The van der Waals surface area contributed by atoms with Crippen molar-refractivity contribution in [2.24, 2.45) is 4.99 Å². The molecule has 2 aromatic rings. The van der Waals surface area contributed by atoms with Gasteiger partial charge in [-0.25, -0.2) is 4.98 Å². The Balaban J connectivity index is 0.00000341. The minimum Gasteiger partial charge on any atom is -0.354 e. The van der Waals surface area contributed by atoms with Crippen molar-refractivity contribution in [3.8, 4) is 0 Å². The van der Waals surface area contributed by atoms with Crippen molar-refractivity contribution >= 4 is 46.4 Å². The van der Waals surface area contributed by atoms with Crippen molar-refractivity contribution in [2.45, 2.75) is 31.7 Å². The van der Waals surface area contributed by atoms with Gasteiger partial charge in [0.05, 0.1) is 17.8 Å². The molecule has 1 aromatic heterocycles. The number of hydrogen-bond acceptors (Lipinski definition) is 5. The predicted molar refractivity (Wildman–Crippen MR) is 130 cm³/mol. The first-order chi connectivity index (χ1) is 14.2. The zero-order chi connectivity index (χ0) is 21.7. The Bertz CT molecular complexity index is 853. The van der Waals surface area contributed by atoms with Crippen molar-refractivity contribution in [3.63, 3.8) is 0 Å². The molecule has 31 heavy (non-hydrogen) atoms. The first kappa shape index (κ1) is 25.7. The van der Waals surface area contributed by atoms with Crippen molar-refractivity contribution < 1.29 is 13.2 Å². The number of aromatic nitrogens is 1. The van der Waals surface area contributed by atoms with Crippen LogP contribution in [0.2, 0.25) is 0 Å². The summed E-state index contributed by atoms with van der Waals surface area (Å²) in [5, 5.41) is 9.70. The van der Waals surface area contributed by atoms with Crippen molar-refractivity contribution in [2.75, 3.05) is 39.1 Å². The quantitative estimate of drug-likeness (QED) is 0.316. The molecule has 3 rings (SSSR count). The van der Waals surface area contributed by atoms with Crippen molar-refractivity contribution in [1.82, 2.24) is 20.5 Å². The molecule has 0 radical (unpaired) electrons. The highest BCUT2D eigenvalue weighted by Crippen LogP contribution is 2.29. The van der Waals surface area contributed by atoms with E-state index in [2.05, 4.69) is 25.5 Å². The molecule has 1 aliphatic rings. The third-order valence-electron chi connectivity index (χ3n) is 4.88. The Morgan fingerprint density at radius 2 is 2.00 bits per heavy atom. The van der Waals surface area contributed by atoms with Gasteiger partial charge in [0.1, 0.15) is 0 Å². The zero-order valence-electron chi connectivity index (χ0n) is 17.7. The van der Waals surface area contributed by atoms with Crippen LogP contribution in [0.3, 0.4) is 0 Å². The van der Waals surface area contributed by atoms with Gasteiger partial charge in [-0.2, -0.15) is 13.2 Å². The van der Waals surface area contributed by atoms with Gasteiger partial charge in [-0.3, -0.25) is 9.89 Å². The normalized spacial score (nSPS) is 17.4. The zero-order valence-corrected chi connectivity index (χ0v) is 20.9. The van der Waals surface area contributed by atoms with Crippen LogP contribution in [0, 0.1) is 0 Å². The number of hydrogen-bond donors (Lipinski definition) is 2. The minimum atomic E-state index is -4.29. The lowest BCUT2D eigenvalue weighted by molar-refractivity contribution is -0.137. The summed E-state index contributed by atoms with van der Waals surface area (Å²) in [5.74, 6) is 0.718. The maximum atomic E-state index is 12.7. The Morgan fingerprint density at radius 1 is 1.29 bits per heavy atom. The highest BCUT2D eigenvalue weighted by atomic mass is 127. The summed E-state index contributed by atoms with van der Waals surface area (Å²) in [7, 11) is 5.66. The number of nitrogens with one attached hydrogen (secondary N) is 2. The van der Waals surface area contributed by atoms with E-state index in [4.69, 9.17) is 0 Å². The van der Waals surface area contributed by atoms with E-state index >= 15 is 0 Å². The molecule has 0 bridgehead atoms. The number of anilines is 1. The summed E-state index contributed by atoms with van der Waals surface area (Å²) in [6, 6.07) is 5.64. The monoisotopic (exact) mass is 568 g/mol. The number of benzene rings is 1. The van der Waals surface area contributed by atoms with Gasteiger partial charge >= 0.3 is 6.18 Å². The van der Waals surface area contributed by atoms with Crippen LogP contribution in [-0.2, 0) is 19.3 Å². The summed E-state index contributed by atoms with van der Waals surface area (Å²) < 4.78 is 38.1. The SMILES string of the molecule is CN=C(NCc1csc(N(C)C)n1)NC1CCN(Cc2ccc(C(F)(F)F)cc2)C1.I. The van der Waals surface area contributed by atoms with Crippen LogP contribution in [0.5, 0.6) is 0 Å².